The lowest BCUT2D eigenvalue weighted by Crippen LogP contribution is -2.36. The van der Waals surface area contributed by atoms with Crippen molar-refractivity contribution < 1.29 is 17.9 Å². The summed E-state index contributed by atoms with van der Waals surface area (Å²) in [5, 5.41) is 0. The van der Waals surface area contributed by atoms with Gasteiger partial charge in [0, 0.05) is 32.6 Å². The van der Waals surface area contributed by atoms with E-state index in [1.807, 2.05) is 11.9 Å². The van der Waals surface area contributed by atoms with Gasteiger partial charge in [0.05, 0.1) is 6.61 Å². The smallest absolute Gasteiger partial charge is 0.352 e. The molecular formula is C16H16F3N3O2. The third-order valence-electron chi connectivity index (χ3n) is 3.92. The molecule has 128 valence electrons. The van der Waals surface area contributed by atoms with Crippen LogP contribution in [-0.4, -0.2) is 29.8 Å². The van der Waals surface area contributed by atoms with Crippen molar-refractivity contribution in [3.05, 3.63) is 51.7 Å². The molecule has 1 aromatic heterocycles. The van der Waals surface area contributed by atoms with Crippen LogP contribution in [0.15, 0.2) is 23.0 Å². The fourth-order valence-corrected chi connectivity index (χ4v) is 2.68. The summed E-state index contributed by atoms with van der Waals surface area (Å²) in [7, 11) is 1.87. The number of benzene rings is 1. The zero-order chi connectivity index (χ0) is 17.3. The van der Waals surface area contributed by atoms with Gasteiger partial charge in [0.1, 0.15) is 5.82 Å². The summed E-state index contributed by atoms with van der Waals surface area (Å²) >= 11 is 0. The minimum atomic E-state index is -1.49. The van der Waals surface area contributed by atoms with Crippen LogP contribution >= 0.6 is 0 Å². The largest absolute Gasteiger partial charge is 0.477 e. The van der Waals surface area contributed by atoms with Crippen molar-refractivity contribution in [1.29, 1.82) is 0 Å². The highest BCUT2D eigenvalue weighted by Gasteiger charge is 2.17. The maximum atomic E-state index is 13.2. The molecule has 0 saturated carbocycles. The van der Waals surface area contributed by atoms with Crippen LogP contribution in [0, 0.1) is 17.5 Å². The molecular weight excluding hydrogens is 323 g/mol. The van der Waals surface area contributed by atoms with E-state index in [2.05, 4.69) is 4.98 Å². The SMILES string of the molecule is CN1CCCn2c1cc(OCCc1cc(F)c(F)c(F)c1)nc2=O. The molecule has 2 aromatic rings. The van der Waals surface area contributed by atoms with E-state index >= 15 is 0 Å². The molecule has 0 spiro atoms. The molecule has 1 aliphatic heterocycles. The first-order chi connectivity index (χ1) is 11.5. The van der Waals surface area contributed by atoms with E-state index in [-0.39, 0.29) is 24.5 Å². The standard InChI is InChI=1S/C16H16F3N3O2/c1-21-4-2-5-22-14(21)9-13(20-16(22)23)24-6-3-10-7-11(17)15(19)12(18)8-10/h7-9H,2-6H2,1H3. The van der Waals surface area contributed by atoms with Crippen LogP contribution in [0.2, 0.25) is 0 Å². The molecule has 8 heteroatoms. The number of hydrogen-bond acceptors (Lipinski definition) is 4. The van der Waals surface area contributed by atoms with Gasteiger partial charge in [-0.15, -0.1) is 0 Å². The van der Waals surface area contributed by atoms with Gasteiger partial charge in [-0.1, -0.05) is 0 Å². The molecule has 0 aliphatic carbocycles. The molecule has 0 radical (unpaired) electrons. The average Bonchev–Trinajstić information content (AvgIpc) is 2.54. The van der Waals surface area contributed by atoms with E-state index in [0.717, 1.165) is 30.9 Å². The Hall–Kier alpha value is -2.51. The van der Waals surface area contributed by atoms with Gasteiger partial charge in [-0.25, -0.2) is 18.0 Å². The van der Waals surface area contributed by atoms with E-state index in [0.29, 0.717) is 6.54 Å². The lowest BCUT2D eigenvalue weighted by Gasteiger charge is -2.28. The number of hydrogen-bond donors (Lipinski definition) is 0. The minimum absolute atomic E-state index is 0.0596. The summed E-state index contributed by atoms with van der Waals surface area (Å²) < 4.78 is 46.2. The van der Waals surface area contributed by atoms with Crippen LogP contribution in [0.5, 0.6) is 5.88 Å². The third kappa shape index (κ3) is 3.22. The summed E-state index contributed by atoms with van der Waals surface area (Å²) in [6, 6.07) is 3.50. The summed E-state index contributed by atoms with van der Waals surface area (Å²) in [6.07, 6.45) is 1.02. The molecule has 0 bridgehead atoms. The van der Waals surface area contributed by atoms with E-state index in [4.69, 9.17) is 4.74 Å². The first kappa shape index (κ1) is 16.4. The molecule has 0 amide bonds. The number of ether oxygens (including phenoxy) is 1. The quantitative estimate of drug-likeness (QED) is 0.801. The second kappa shape index (κ2) is 6.54. The lowest BCUT2D eigenvalue weighted by atomic mass is 10.1. The Morgan fingerprint density at radius 1 is 1.17 bits per heavy atom. The van der Waals surface area contributed by atoms with Crippen molar-refractivity contribution >= 4 is 5.82 Å². The summed E-state index contributed by atoms with van der Waals surface area (Å²) in [5.74, 6) is -3.10. The average molecular weight is 339 g/mol. The molecule has 5 nitrogen and oxygen atoms in total. The van der Waals surface area contributed by atoms with Gasteiger partial charge in [-0.3, -0.25) is 4.57 Å². The fraction of sp³-hybridized carbons (Fsp3) is 0.375. The van der Waals surface area contributed by atoms with Gasteiger partial charge < -0.3 is 9.64 Å². The van der Waals surface area contributed by atoms with Crippen LogP contribution < -0.4 is 15.3 Å². The van der Waals surface area contributed by atoms with Gasteiger partial charge in [0.25, 0.3) is 0 Å². The van der Waals surface area contributed by atoms with E-state index in [1.165, 1.54) is 0 Å². The molecule has 0 saturated heterocycles. The van der Waals surface area contributed by atoms with E-state index < -0.39 is 23.1 Å². The maximum absolute atomic E-state index is 13.2. The summed E-state index contributed by atoms with van der Waals surface area (Å²) in [4.78, 5) is 17.8. The third-order valence-corrected chi connectivity index (χ3v) is 3.92. The molecule has 0 atom stereocenters. The molecule has 0 fully saturated rings. The molecule has 0 N–H and O–H groups in total. The van der Waals surface area contributed by atoms with Gasteiger partial charge in [-0.2, -0.15) is 4.98 Å². The molecule has 2 heterocycles. The molecule has 0 unspecified atom stereocenters. The van der Waals surface area contributed by atoms with Crippen LogP contribution in [-0.2, 0) is 13.0 Å². The second-order valence-electron chi connectivity index (χ2n) is 5.63. The Kier molecular flexibility index (Phi) is 4.46. The fourth-order valence-electron chi connectivity index (χ4n) is 2.68. The second-order valence-corrected chi connectivity index (χ2v) is 5.63. The predicted octanol–water partition coefficient (Wildman–Crippen LogP) is 2.12. The highest BCUT2D eigenvalue weighted by molar-refractivity contribution is 5.42. The predicted molar refractivity (Wildman–Crippen MR) is 81.9 cm³/mol. The van der Waals surface area contributed by atoms with Gasteiger partial charge >= 0.3 is 5.69 Å². The first-order valence-electron chi connectivity index (χ1n) is 7.55. The lowest BCUT2D eigenvalue weighted by molar-refractivity contribution is 0.305. The van der Waals surface area contributed by atoms with Crippen molar-refractivity contribution in [3.63, 3.8) is 0 Å². The maximum Gasteiger partial charge on any atom is 0.352 e. The Labute approximate surface area is 136 Å². The van der Waals surface area contributed by atoms with Crippen LogP contribution in [0.4, 0.5) is 19.0 Å². The zero-order valence-corrected chi connectivity index (χ0v) is 13.1. The van der Waals surface area contributed by atoms with Crippen molar-refractivity contribution in [2.75, 3.05) is 25.1 Å². The Morgan fingerprint density at radius 3 is 2.58 bits per heavy atom. The number of fused-ring (bicyclic) bond motifs is 1. The van der Waals surface area contributed by atoms with Crippen molar-refractivity contribution in [2.45, 2.75) is 19.4 Å². The molecule has 24 heavy (non-hydrogen) atoms. The number of nitrogens with zero attached hydrogens (tertiary/aromatic N) is 3. The molecule has 1 aromatic carbocycles. The highest BCUT2D eigenvalue weighted by atomic mass is 19.2. The van der Waals surface area contributed by atoms with Gasteiger partial charge in [0.2, 0.25) is 5.88 Å². The van der Waals surface area contributed by atoms with Crippen LogP contribution in [0.25, 0.3) is 0 Å². The number of rotatable bonds is 4. The van der Waals surface area contributed by atoms with Crippen molar-refractivity contribution in [1.82, 2.24) is 9.55 Å². The Bertz CT molecular complexity index is 800. The first-order valence-corrected chi connectivity index (χ1v) is 7.55. The Balaban J connectivity index is 1.70. The van der Waals surface area contributed by atoms with Crippen molar-refractivity contribution in [2.24, 2.45) is 0 Å². The number of anilines is 1. The Morgan fingerprint density at radius 2 is 1.88 bits per heavy atom. The number of halogens is 3. The molecule has 1 aliphatic rings. The van der Waals surface area contributed by atoms with Crippen LogP contribution in [0.3, 0.4) is 0 Å². The molecule has 3 rings (SSSR count). The summed E-state index contributed by atoms with van der Waals surface area (Å²) in [6.45, 7) is 1.50. The van der Waals surface area contributed by atoms with E-state index in [1.54, 1.807) is 10.6 Å². The van der Waals surface area contributed by atoms with Crippen LogP contribution in [0.1, 0.15) is 12.0 Å². The zero-order valence-electron chi connectivity index (χ0n) is 13.1. The highest BCUT2D eigenvalue weighted by Crippen LogP contribution is 2.20. The van der Waals surface area contributed by atoms with Crippen molar-refractivity contribution in [3.8, 4) is 5.88 Å². The minimum Gasteiger partial charge on any atom is -0.477 e. The topological polar surface area (TPSA) is 47.4 Å². The monoisotopic (exact) mass is 339 g/mol. The van der Waals surface area contributed by atoms with E-state index in [9.17, 15) is 18.0 Å². The van der Waals surface area contributed by atoms with Gasteiger partial charge in [-0.05, 0) is 24.1 Å². The normalized spacial score (nSPS) is 13.8. The number of aromatic nitrogens is 2. The van der Waals surface area contributed by atoms with Gasteiger partial charge in [0.15, 0.2) is 17.5 Å². The summed E-state index contributed by atoms with van der Waals surface area (Å²) in [5.41, 5.74) is -0.133.